The van der Waals surface area contributed by atoms with Gasteiger partial charge in [0.2, 0.25) is 17.7 Å². The molecule has 45 heavy (non-hydrogen) atoms. The summed E-state index contributed by atoms with van der Waals surface area (Å²) in [6.45, 7) is 23.1. The maximum atomic E-state index is 15.0. The van der Waals surface area contributed by atoms with E-state index in [4.69, 9.17) is 4.74 Å². The first-order chi connectivity index (χ1) is 21.2. The van der Waals surface area contributed by atoms with E-state index >= 15 is 4.79 Å². The second-order valence-electron chi connectivity index (χ2n) is 15.1. The maximum absolute atomic E-state index is 15.0. The number of hydrogen-bond donors (Lipinski definition) is 1. The number of nitrogens with zero attached hydrogens (tertiary/aromatic N) is 3. The average Bonchev–Trinajstić information content (AvgIpc) is 3.59. The SMILES string of the molecule is C=CCN(Cc1ccccc1)C(=O)[C@H]1[C@H]2C(=O)N([C@@H](CC)CO)C(C(=O)N(CC=C)C(C)(C)CC(C)(C)C)C23CC[C@]1(CC)O3. The van der Waals surface area contributed by atoms with Gasteiger partial charge in [-0.25, -0.2) is 0 Å². The summed E-state index contributed by atoms with van der Waals surface area (Å²) in [5.41, 5.74) is -1.67. The van der Waals surface area contributed by atoms with Crippen molar-refractivity contribution in [3.63, 3.8) is 0 Å². The average molecular weight is 622 g/mol. The number of ether oxygens (including phenoxy) is 1. The highest BCUT2D eigenvalue weighted by atomic mass is 16.5. The Bertz CT molecular complexity index is 1270. The van der Waals surface area contributed by atoms with Gasteiger partial charge in [0, 0.05) is 25.2 Å². The van der Waals surface area contributed by atoms with Gasteiger partial charge in [-0.15, -0.1) is 13.2 Å². The van der Waals surface area contributed by atoms with E-state index in [1.165, 1.54) is 0 Å². The lowest BCUT2D eigenvalue weighted by molar-refractivity contribution is -0.161. The Morgan fingerprint density at radius 3 is 2.24 bits per heavy atom. The molecule has 3 fully saturated rings. The fraction of sp³-hybridized carbons (Fsp3) is 0.649. The number of carbonyl (C=O) groups is 3. The van der Waals surface area contributed by atoms with Gasteiger partial charge in [-0.2, -0.15) is 0 Å². The second-order valence-corrected chi connectivity index (χ2v) is 15.1. The first-order valence-electron chi connectivity index (χ1n) is 16.7. The van der Waals surface area contributed by atoms with Crippen LogP contribution in [0.4, 0.5) is 0 Å². The smallest absolute Gasteiger partial charge is 0.249 e. The summed E-state index contributed by atoms with van der Waals surface area (Å²) in [5, 5.41) is 10.5. The quantitative estimate of drug-likeness (QED) is 0.283. The molecule has 1 aromatic rings. The minimum atomic E-state index is -1.17. The number of aliphatic hydroxyl groups is 1. The number of rotatable bonds is 14. The maximum Gasteiger partial charge on any atom is 0.249 e. The van der Waals surface area contributed by atoms with Crippen molar-refractivity contribution in [2.75, 3.05) is 19.7 Å². The zero-order chi connectivity index (χ0) is 33.4. The van der Waals surface area contributed by atoms with Crippen LogP contribution in [-0.2, 0) is 25.7 Å². The molecule has 2 unspecified atom stereocenters. The number of carbonyl (C=O) groups excluding carboxylic acids is 3. The minimum Gasteiger partial charge on any atom is -0.394 e. The molecule has 3 aliphatic heterocycles. The monoisotopic (exact) mass is 621 g/mol. The predicted octanol–water partition coefficient (Wildman–Crippen LogP) is 5.36. The fourth-order valence-corrected chi connectivity index (χ4v) is 8.81. The van der Waals surface area contributed by atoms with Gasteiger partial charge in [-0.05, 0) is 56.9 Å². The molecular weight excluding hydrogens is 566 g/mol. The third kappa shape index (κ3) is 6.12. The van der Waals surface area contributed by atoms with E-state index in [1.54, 1.807) is 22.0 Å². The van der Waals surface area contributed by atoms with Gasteiger partial charge >= 0.3 is 0 Å². The molecule has 8 nitrogen and oxygen atoms in total. The van der Waals surface area contributed by atoms with Crippen LogP contribution in [-0.4, -0.2) is 86.0 Å². The van der Waals surface area contributed by atoms with E-state index in [9.17, 15) is 14.7 Å². The molecule has 3 amide bonds. The topological polar surface area (TPSA) is 90.4 Å². The van der Waals surface area contributed by atoms with Crippen molar-refractivity contribution >= 4 is 17.7 Å². The zero-order valence-electron chi connectivity index (χ0n) is 28.6. The van der Waals surface area contributed by atoms with Crippen LogP contribution in [0.1, 0.15) is 86.1 Å². The van der Waals surface area contributed by atoms with E-state index in [1.807, 2.05) is 49.1 Å². The Morgan fingerprint density at radius 1 is 1.07 bits per heavy atom. The lowest BCUT2D eigenvalue weighted by atomic mass is 9.64. The third-order valence-electron chi connectivity index (χ3n) is 10.3. The zero-order valence-corrected chi connectivity index (χ0v) is 28.6. The molecule has 1 N–H and O–H groups in total. The summed E-state index contributed by atoms with van der Waals surface area (Å²) in [5.74, 6) is -2.21. The van der Waals surface area contributed by atoms with Crippen LogP contribution in [0.15, 0.2) is 55.6 Å². The largest absolute Gasteiger partial charge is 0.394 e. The van der Waals surface area contributed by atoms with E-state index in [0.29, 0.717) is 45.3 Å². The molecule has 3 aliphatic rings. The fourth-order valence-electron chi connectivity index (χ4n) is 8.81. The highest BCUT2D eigenvalue weighted by molar-refractivity contribution is 5.99. The van der Waals surface area contributed by atoms with Crippen LogP contribution in [0.5, 0.6) is 0 Å². The Balaban J connectivity index is 1.84. The molecule has 3 saturated heterocycles. The molecule has 248 valence electrons. The number of hydrogen-bond acceptors (Lipinski definition) is 5. The standard InChI is InChI=1S/C37H55N3O5/c1-10-21-38(23-26-17-15-14-16-18-26)31(42)28-29-32(43)40(27(12-3)24-41)30(37(29)20-19-36(28,13-4)45-37)33(44)39(22-11-2)35(8,9)25-34(5,6)7/h10-11,14-18,27-30,41H,1-2,12-13,19-25H2,3-9H3/t27-,28+,29-,30?,36-,37?/m0/s1. The molecule has 0 radical (unpaired) electrons. The van der Waals surface area contributed by atoms with Gasteiger partial charge in [0.1, 0.15) is 11.6 Å². The molecule has 6 atom stereocenters. The van der Waals surface area contributed by atoms with Gasteiger partial charge in [-0.1, -0.05) is 77.1 Å². The van der Waals surface area contributed by atoms with Crippen LogP contribution in [0, 0.1) is 17.3 Å². The van der Waals surface area contributed by atoms with Crippen LogP contribution < -0.4 is 0 Å². The van der Waals surface area contributed by atoms with Gasteiger partial charge in [0.05, 0.1) is 30.1 Å². The Morgan fingerprint density at radius 2 is 1.71 bits per heavy atom. The van der Waals surface area contributed by atoms with Crippen LogP contribution in [0.3, 0.4) is 0 Å². The molecule has 2 bridgehead atoms. The number of benzene rings is 1. The molecule has 1 aromatic carbocycles. The first kappa shape index (κ1) is 34.9. The normalized spacial score (nSPS) is 28.1. The van der Waals surface area contributed by atoms with Gasteiger partial charge in [-0.3, -0.25) is 14.4 Å². The summed E-state index contributed by atoms with van der Waals surface area (Å²) in [4.78, 5) is 49.7. The van der Waals surface area contributed by atoms with Crippen molar-refractivity contribution in [1.29, 1.82) is 0 Å². The first-order valence-corrected chi connectivity index (χ1v) is 16.7. The second kappa shape index (κ2) is 13.0. The Labute approximate surface area is 270 Å². The van der Waals surface area contributed by atoms with Crippen molar-refractivity contribution < 1.29 is 24.2 Å². The molecule has 3 heterocycles. The van der Waals surface area contributed by atoms with Crippen LogP contribution in [0.2, 0.25) is 0 Å². The summed E-state index contributed by atoms with van der Waals surface area (Å²) in [6, 6.07) is 8.26. The molecule has 0 saturated carbocycles. The highest BCUT2D eigenvalue weighted by Gasteiger charge is 2.79. The van der Waals surface area contributed by atoms with Crippen molar-refractivity contribution in [2.45, 2.75) is 116 Å². The van der Waals surface area contributed by atoms with Crippen molar-refractivity contribution in [1.82, 2.24) is 14.7 Å². The molecule has 1 spiro atoms. The molecular formula is C37H55N3O5. The van der Waals surface area contributed by atoms with Gasteiger partial charge in [0.25, 0.3) is 0 Å². The summed E-state index contributed by atoms with van der Waals surface area (Å²) in [6.07, 6.45) is 6.26. The molecule has 0 aromatic heterocycles. The predicted molar refractivity (Wildman–Crippen MR) is 177 cm³/mol. The van der Waals surface area contributed by atoms with E-state index in [-0.39, 0.29) is 29.7 Å². The molecule has 4 rings (SSSR count). The minimum absolute atomic E-state index is 0.0638. The van der Waals surface area contributed by atoms with Crippen LogP contribution in [0.25, 0.3) is 0 Å². The number of aliphatic hydroxyl groups excluding tert-OH is 1. The lowest BCUT2D eigenvalue weighted by Crippen LogP contribution is -2.62. The van der Waals surface area contributed by atoms with E-state index in [0.717, 1.165) is 12.0 Å². The summed E-state index contributed by atoms with van der Waals surface area (Å²) in [7, 11) is 0. The van der Waals surface area contributed by atoms with Crippen LogP contribution >= 0.6 is 0 Å². The number of likely N-dealkylation sites (tertiary alicyclic amines) is 1. The number of fused-ring (bicyclic) bond motifs is 1. The lowest BCUT2D eigenvalue weighted by Gasteiger charge is -2.46. The van der Waals surface area contributed by atoms with Crippen molar-refractivity contribution in [3.05, 3.63) is 61.2 Å². The summed E-state index contributed by atoms with van der Waals surface area (Å²) >= 11 is 0. The highest BCUT2D eigenvalue weighted by Crippen LogP contribution is 2.65. The Kier molecular flexibility index (Phi) is 10.1. The van der Waals surface area contributed by atoms with Crippen molar-refractivity contribution in [2.24, 2.45) is 17.3 Å². The molecule has 0 aliphatic carbocycles. The van der Waals surface area contributed by atoms with Gasteiger partial charge < -0.3 is 24.5 Å². The number of amides is 3. The molecule has 8 heteroatoms. The van der Waals surface area contributed by atoms with E-state index in [2.05, 4.69) is 47.8 Å². The summed E-state index contributed by atoms with van der Waals surface area (Å²) < 4.78 is 7.06. The Hall–Kier alpha value is -2.97. The van der Waals surface area contributed by atoms with E-state index < -0.39 is 40.7 Å². The van der Waals surface area contributed by atoms with Crippen molar-refractivity contribution in [3.8, 4) is 0 Å². The van der Waals surface area contributed by atoms with Gasteiger partial charge in [0.15, 0.2) is 0 Å². The third-order valence-corrected chi connectivity index (χ3v) is 10.3.